The van der Waals surface area contributed by atoms with Crippen LogP contribution in [0.25, 0.3) is 0 Å². The number of hydrogen-bond acceptors (Lipinski definition) is 4. The van der Waals surface area contributed by atoms with Crippen molar-refractivity contribution in [3.8, 4) is 0 Å². The highest BCUT2D eigenvalue weighted by Crippen LogP contribution is 2.23. The monoisotopic (exact) mass is 405 g/mol. The molecule has 0 aliphatic carbocycles. The van der Waals surface area contributed by atoms with Crippen molar-refractivity contribution in [3.63, 3.8) is 0 Å². The fourth-order valence-corrected chi connectivity index (χ4v) is 4.57. The Kier molecular flexibility index (Phi) is 4.14. The fourth-order valence-electron chi connectivity index (χ4n) is 1.72. The summed E-state index contributed by atoms with van der Waals surface area (Å²) in [6, 6.07) is 5.94. The first-order valence-electron chi connectivity index (χ1n) is 5.60. The van der Waals surface area contributed by atoms with E-state index in [1.54, 1.807) is 24.0 Å². The number of nitrogens with two attached hydrogens (primary N) is 1. The summed E-state index contributed by atoms with van der Waals surface area (Å²) in [6.45, 7) is 0. The molecule has 106 valence electrons. The van der Waals surface area contributed by atoms with Gasteiger partial charge in [-0.25, -0.2) is 8.42 Å². The van der Waals surface area contributed by atoms with Gasteiger partial charge < -0.3 is 5.73 Å². The maximum absolute atomic E-state index is 12.3. The van der Waals surface area contributed by atoms with Gasteiger partial charge in [0, 0.05) is 22.4 Å². The summed E-state index contributed by atoms with van der Waals surface area (Å²) in [5.74, 6) is -0.767. The molecule has 0 radical (unpaired) electrons. The van der Waals surface area contributed by atoms with Crippen LogP contribution in [-0.2, 0) is 22.6 Å². The number of hydrogen-bond donors (Lipinski definition) is 1. The van der Waals surface area contributed by atoms with Crippen LogP contribution in [0.3, 0.4) is 0 Å². The number of aromatic nitrogens is 2. The van der Waals surface area contributed by atoms with E-state index in [1.165, 1.54) is 18.2 Å². The SMILES string of the molecule is Cn1ccc(CS(=O)(=O)c2ccc(C(N)=O)cc2I)n1. The molecule has 1 amide bonds. The van der Waals surface area contributed by atoms with Crippen LogP contribution in [0.5, 0.6) is 0 Å². The lowest BCUT2D eigenvalue weighted by Crippen LogP contribution is -2.13. The quantitative estimate of drug-likeness (QED) is 0.771. The van der Waals surface area contributed by atoms with E-state index in [1.807, 2.05) is 22.6 Å². The van der Waals surface area contributed by atoms with E-state index in [2.05, 4.69) is 5.10 Å². The number of primary amides is 1. The summed E-state index contributed by atoms with van der Waals surface area (Å²) in [6.07, 6.45) is 1.69. The van der Waals surface area contributed by atoms with Gasteiger partial charge in [0.15, 0.2) is 9.84 Å². The van der Waals surface area contributed by atoms with Crippen molar-refractivity contribution in [2.75, 3.05) is 0 Å². The minimum atomic E-state index is -3.51. The van der Waals surface area contributed by atoms with Gasteiger partial charge in [0.25, 0.3) is 0 Å². The summed E-state index contributed by atoms with van der Waals surface area (Å²) in [4.78, 5) is 11.2. The first-order chi connectivity index (χ1) is 9.29. The van der Waals surface area contributed by atoms with Crippen LogP contribution >= 0.6 is 22.6 Å². The van der Waals surface area contributed by atoms with Crippen LogP contribution in [0.2, 0.25) is 0 Å². The van der Waals surface area contributed by atoms with Crippen molar-refractivity contribution in [1.82, 2.24) is 9.78 Å². The van der Waals surface area contributed by atoms with Crippen molar-refractivity contribution < 1.29 is 13.2 Å². The van der Waals surface area contributed by atoms with Crippen LogP contribution in [0.1, 0.15) is 16.1 Å². The molecule has 2 N–H and O–H groups in total. The number of sulfone groups is 1. The molecule has 1 aromatic heterocycles. The lowest BCUT2D eigenvalue weighted by Gasteiger charge is -2.06. The van der Waals surface area contributed by atoms with E-state index in [-0.39, 0.29) is 16.2 Å². The summed E-state index contributed by atoms with van der Waals surface area (Å²) in [5.41, 5.74) is 5.92. The Bertz CT molecular complexity index is 768. The summed E-state index contributed by atoms with van der Waals surface area (Å²) in [7, 11) is -1.78. The molecule has 1 heterocycles. The predicted octanol–water partition coefficient (Wildman–Crippen LogP) is 1.10. The molecule has 0 saturated carbocycles. The predicted molar refractivity (Wildman–Crippen MR) is 81.8 cm³/mol. The second-order valence-corrected chi connectivity index (χ2v) is 7.37. The Balaban J connectivity index is 2.37. The van der Waals surface area contributed by atoms with E-state index >= 15 is 0 Å². The molecule has 0 fully saturated rings. The van der Waals surface area contributed by atoms with Crippen LogP contribution in [0, 0.1) is 3.57 Å². The highest BCUT2D eigenvalue weighted by molar-refractivity contribution is 14.1. The van der Waals surface area contributed by atoms with Crippen LogP contribution in [0.15, 0.2) is 35.4 Å². The largest absolute Gasteiger partial charge is 0.366 e. The van der Waals surface area contributed by atoms with Gasteiger partial charge in [0.05, 0.1) is 16.3 Å². The topological polar surface area (TPSA) is 95.0 Å². The zero-order chi connectivity index (χ0) is 14.9. The standard InChI is InChI=1S/C12H12IN3O3S/c1-16-5-4-9(15-16)7-20(18,19)11-3-2-8(12(14)17)6-10(11)13/h2-6H,7H2,1H3,(H2,14,17). The molecule has 1 aromatic carbocycles. The third-order valence-corrected chi connectivity index (χ3v) is 5.62. The maximum atomic E-state index is 12.3. The molecule has 0 spiro atoms. The summed E-state index contributed by atoms with van der Waals surface area (Å²) < 4.78 is 26.7. The number of aryl methyl sites for hydroxylation is 1. The van der Waals surface area contributed by atoms with E-state index in [0.29, 0.717) is 9.26 Å². The Hall–Kier alpha value is -1.42. The van der Waals surface area contributed by atoms with Crippen LogP contribution in [-0.4, -0.2) is 24.1 Å². The minimum Gasteiger partial charge on any atom is -0.366 e. The Morgan fingerprint density at radius 3 is 2.60 bits per heavy atom. The summed E-state index contributed by atoms with van der Waals surface area (Å²) in [5, 5.41) is 4.06. The summed E-state index contributed by atoms with van der Waals surface area (Å²) >= 11 is 1.88. The fraction of sp³-hybridized carbons (Fsp3) is 0.167. The number of amides is 1. The lowest BCUT2D eigenvalue weighted by atomic mass is 10.2. The normalized spacial score (nSPS) is 11.5. The lowest BCUT2D eigenvalue weighted by molar-refractivity contribution is 0.1000. The van der Waals surface area contributed by atoms with E-state index < -0.39 is 15.7 Å². The smallest absolute Gasteiger partial charge is 0.248 e. The molecule has 0 saturated heterocycles. The minimum absolute atomic E-state index is 0.175. The van der Waals surface area contributed by atoms with Crippen molar-refractivity contribution in [2.45, 2.75) is 10.6 Å². The zero-order valence-corrected chi connectivity index (χ0v) is 13.6. The number of halogens is 1. The molecule has 0 bridgehead atoms. The highest BCUT2D eigenvalue weighted by atomic mass is 127. The first-order valence-corrected chi connectivity index (χ1v) is 8.33. The third kappa shape index (κ3) is 3.18. The zero-order valence-electron chi connectivity index (χ0n) is 10.6. The second-order valence-electron chi connectivity index (χ2n) is 4.25. The van der Waals surface area contributed by atoms with Crippen molar-refractivity contribution in [1.29, 1.82) is 0 Å². The van der Waals surface area contributed by atoms with E-state index in [4.69, 9.17) is 5.73 Å². The molecule has 0 atom stereocenters. The van der Waals surface area contributed by atoms with Crippen molar-refractivity contribution >= 4 is 38.3 Å². The van der Waals surface area contributed by atoms with Crippen molar-refractivity contribution in [2.24, 2.45) is 12.8 Å². The van der Waals surface area contributed by atoms with Gasteiger partial charge in [0.2, 0.25) is 5.91 Å². The maximum Gasteiger partial charge on any atom is 0.248 e. The van der Waals surface area contributed by atoms with Crippen molar-refractivity contribution in [3.05, 3.63) is 45.3 Å². The van der Waals surface area contributed by atoms with Gasteiger partial charge in [-0.3, -0.25) is 9.48 Å². The average molecular weight is 405 g/mol. The molecule has 6 nitrogen and oxygen atoms in total. The molecule has 2 aromatic rings. The molecular formula is C12H12IN3O3S. The molecular weight excluding hydrogens is 393 g/mol. The molecule has 0 aliphatic heterocycles. The van der Waals surface area contributed by atoms with Gasteiger partial charge >= 0.3 is 0 Å². The number of carbonyl (C=O) groups is 1. The Morgan fingerprint density at radius 1 is 1.40 bits per heavy atom. The number of nitrogens with zero attached hydrogens (tertiary/aromatic N) is 2. The highest BCUT2D eigenvalue weighted by Gasteiger charge is 2.20. The van der Waals surface area contributed by atoms with E-state index in [0.717, 1.165) is 0 Å². The molecule has 2 rings (SSSR count). The Labute approximate surface area is 130 Å². The third-order valence-electron chi connectivity index (χ3n) is 2.66. The Morgan fingerprint density at radius 2 is 2.10 bits per heavy atom. The van der Waals surface area contributed by atoms with Gasteiger partial charge in [-0.2, -0.15) is 5.10 Å². The molecule has 8 heteroatoms. The van der Waals surface area contributed by atoms with Crippen LogP contribution in [0.4, 0.5) is 0 Å². The van der Waals surface area contributed by atoms with E-state index in [9.17, 15) is 13.2 Å². The molecule has 0 aliphatic rings. The number of benzene rings is 1. The number of carbonyl (C=O) groups excluding carboxylic acids is 1. The average Bonchev–Trinajstić information content (AvgIpc) is 2.73. The first kappa shape index (κ1) is 15.0. The van der Waals surface area contributed by atoms with Gasteiger partial charge in [-0.05, 0) is 46.9 Å². The molecule has 0 unspecified atom stereocenters. The number of rotatable bonds is 4. The van der Waals surface area contributed by atoms with Gasteiger partial charge in [0.1, 0.15) is 0 Å². The second kappa shape index (κ2) is 5.52. The van der Waals surface area contributed by atoms with Gasteiger partial charge in [-0.15, -0.1) is 0 Å². The van der Waals surface area contributed by atoms with Crippen LogP contribution < -0.4 is 5.73 Å². The molecule has 20 heavy (non-hydrogen) atoms. The van der Waals surface area contributed by atoms with Gasteiger partial charge in [-0.1, -0.05) is 0 Å².